The van der Waals surface area contributed by atoms with E-state index in [4.69, 9.17) is 0 Å². The predicted molar refractivity (Wildman–Crippen MR) is 54.8 cm³/mol. The van der Waals surface area contributed by atoms with E-state index in [9.17, 15) is 0 Å². The van der Waals surface area contributed by atoms with Crippen molar-refractivity contribution in [3.05, 3.63) is 18.2 Å². The standard InChI is InChI=1S/C10H19N3/c1-3-10-12-7-9-13(10)8-5-4-6-11-2/h7,9,11H,3-6,8H2,1-2H3. The molecule has 1 aromatic rings. The summed E-state index contributed by atoms with van der Waals surface area (Å²) in [5, 5.41) is 3.15. The highest BCUT2D eigenvalue weighted by molar-refractivity contribution is 4.91. The van der Waals surface area contributed by atoms with Crippen LogP contribution in [0.15, 0.2) is 12.4 Å². The van der Waals surface area contributed by atoms with Crippen LogP contribution >= 0.6 is 0 Å². The van der Waals surface area contributed by atoms with E-state index in [1.165, 1.54) is 18.7 Å². The van der Waals surface area contributed by atoms with E-state index < -0.39 is 0 Å². The molecule has 0 fully saturated rings. The summed E-state index contributed by atoms with van der Waals surface area (Å²) in [5.41, 5.74) is 0. The molecule has 1 heterocycles. The first-order valence-corrected chi connectivity index (χ1v) is 5.03. The Morgan fingerprint density at radius 2 is 2.31 bits per heavy atom. The molecule has 3 nitrogen and oxygen atoms in total. The SMILES string of the molecule is CCc1nccn1CCCCNC. The van der Waals surface area contributed by atoms with E-state index in [1.807, 2.05) is 13.2 Å². The summed E-state index contributed by atoms with van der Waals surface area (Å²) in [5.74, 6) is 1.20. The molecule has 0 aliphatic heterocycles. The zero-order chi connectivity index (χ0) is 9.52. The van der Waals surface area contributed by atoms with Crippen molar-refractivity contribution in [3.8, 4) is 0 Å². The molecule has 13 heavy (non-hydrogen) atoms. The number of unbranched alkanes of at least 4 members (excludes halogenated alkanes) is 1. The summed E-state index contributed by atoms with van der Waals surface area (Å²) in [6.45, 7) is 4.35. The molecule has 74 valence electrons. The summed E-state index contributed by atoms with van der Waals surface area (Å²) in [4.78, 5) is 4.28. The van der Waals surface area contributed by atoms with Crippen molar-refractivity contribution >= 4 is 0 Å². The highest BCUT2D eigenvalue weighted by atomic mass is 15.1. The smallest absolute Gasteiger partial charge is 0.108 e. The van der Waals surface area contributed by atoms with Crippen LogP contribution < -0.4 is 5.32 Å². The van der Waals surface area contributed by atoms with Crippen molar-refractivity contribution in [3.63, 3.8) is 0 Å². The molecule has 0 amide bonds. The van der Waals surface area contributed by atoms with E-state index >= 15 is 0 Å². The van der Waals surface area contributed by atoms with Gasteiger partial charge >= 0.3 is 0 Å². The van der Waals surface area contributed by atoms with Gasteiger partial charge in [-0.3, -0.25) is 0 Å². The monoisotopic (exact) mass is 181 g/mol. The van der Waals surface area contributed by atoms with Crippen LogP contribution in [0.25, 0.3) is 0 Å². The van der Waals surface area contributed by atoms with Crippen LogP contribution in [-0.4, -0.2) is 23.1 Å². The van der Waals surface area contributed by atoms with Gasteiger partial charge in [-0.1, -0.05) is 6.92 Å². The van der Waals surface area contributed by atoms with Gasteiger partial charge in [-0.2, -0.15) is 0 Å². The van der Waals surface area contributed by atoms with E-state index in [1.54, 1.807) is 0 Å². The molecule has 0 saturated heterocycles. The Hall–Kier alpha value is -0.830. The molecule has 1 aromatic heterocycles. The van der Waals surface area contributed by atoms with E-state index in [2.05, 4.69) is 28.0 Å². The first kappa shape index (κ1) is 10.3. The molecule has 0 atom stereocenters. The zero-order valence-electron chi connectivity index (χ0n) is 8.58. The Morgan fingerprint density at radius 1 is 1.46 bits per heavy atom. The molecule has 3 heteroatoms. The lowest BCUT2D eigenvalue weighted by Crippen LogP contribution is -2.09. The van der Waals surface area contributed by atoms with Gasteiger partial charge in [0.15, 0.2) is 0 Å². The van der Waals surface area contributed by atoms with Gasteiger partial charge in [0.05, 0.1) is 0 Å². The van der Waals surface area contributed by atoms with Gasteiger partial charge in [0.2, 0.25) is 0 Å². The summed E-state index contributed by atoms with van der Waals surface area (Å²) in [6, 6.07) is 0. The van der Waals surface area contributed by atoms with Gasteiger partial charge in [0.25, 0.3) is 0 Å². The molecular formula is C10H19N3. The third-order valence-electron chi connectivity index (χ3n) is 2.19. The highest BCUT2D eigenvalue weighted by Crippen LogP contribution is 2.01. The third-order valence-corrected chi connectivity index (χ3v) is 2.19. The van der Waals surface area contributed by atoms with E-state index in [0.717, 1.165) is 19.5 Å². The van der Waals surface area contributed by atoms with Crippen molar-refractivity contribution in [2.75, 3.05) is 13.6 Å². The molecule has 0 saturated carbocycles. The number of rotatable bonds is 6. The summed E-state index contributed by atoms with van der Waals surface area (Å²) in [7, 11) is 1.99. The molecule has 0 radical (unpaired) electrons. The molecule has 0 aromatic carbocycles. The van der Waals surface area contributed by atoms with Crippen LogP contribution in [0.1, 0.15) is 25.6 Å². The summed E-state index contributed by atoms with van der Waals surface area (Å²) < 4.78 is 2.25. The zero-order valence-corrected chi connectivity index (χ0v) is 8.58. The highest BCUT2D eigenvalue weighted by Gasteiger charge is 1.98. The topological polar surface area (TPSA) is 29.9 Å². The fourth-order valence-electron chi connectivity index (χ4n) is 1.44. The van der Waals surface area contributed by atoms with Crippen LogP contribution in [0.3, 0.4) is 0 Å². The van der Waals surface area contributed by atoms with E-state index in [-0.39, 0.29) is 0 Å². The normalized spacial score (nSPS) is 10.6. The maximum absolute atomic E-state index is 4.28. The van der Waals surface area contributed by atoms with Crippen molar-refractivity contribution in [1.29, 1.82) is 0 Å². The molecule has 1 N–H and O–H groups in total. The molecule has 0 aliphatic rings. The van der Waals surface area contributed by atoms with Crippen LogP contribution in [-0.2, 0) is 13.0 Å². The van der Waals surface area contributed by atoms with Crippen LogP contribution in [0.2, 0.25) is 0 Å². The van der Waals surface area contributed by atoms with Crippen molar-refractivity contribution in [2.45, 2.75) is 32.7 Å². The molecule has 0 unspecified atom stereocenters. The van der Waals surface area contributed by atoms with Gasteiger partial charge in [0, 0.05) is 25.4 Å². The fourth-order valence-corrected chi connectivity index (χ4v) is 1.44. The van der Waals surface area contributed by atoms with Gasteiger partial charge in [-0.05, 0) is 26.4 Å². The minimum Gasteiger partial charge on any atom is -0.335 e. The third kappa shape index (κ3) is 3.19. The maximum Gasteiger partial charge on any atom is 0.108 e. The second kappa shape index (κ2) is 5.75. The number of nitrogens with one attached hydrogen (secondary N) is 1. The lowest BCUT2D eigenvalue weighted by molar-refractivity contribution is 0.574. The van der Waals surface area contributed by atoms with E-state index in [0.29, 0.717) is 0 Å². The fraction of sp³-hybridized carbons (Fsp3) is 0.700. The van der Waals surface area contributed by atoms with Gasteiger partial charge in [-0.15, -0.1) is 0 Å². The number of nitrogens with zero attached hydrogens (tertiary/aromatic N) is 2. The van der Waals surface area contributed by atoms with Crippen LogP contribution in [0, 0.1) is 0 Å². The second-order valence-electron chi connectivity index (χ2n) is 3.20. The minimum atomic E-state index is 1.03. The molecule has 0 aliphatic carbocycles. The first-order valence-electron chi connectivity index (χ1n) is 5.03. The Balaban J connectivity index is 2.27. The minimum absolute atomic E-state index is 1.03. The van der Waals surface area contributed by atoms with Gasteiger partial charge < -0.3 is 9.88 Å². The second-order valence-corrected chi connectivity index (χ2v) is 3.20. The van der Waals surface area contributed by atoms with Crippen molar-refractivity contribution < 1.29 is 0 Å². The molecule has 1 rings (SSSR count). The molecule has 0 bridgehead atoms. The summed E-state index contributed by atoms with van der Waals surface area (Å²) >= 11 is 0. The van der Waals surface area contributed by atoms with Crippen LogP contribution in [0.5, 0.6) is 0 Å². The van der Waals surface area contributed by atoms with Crippen LogP contribution in [0.4, 0.5) is 0 Å². The van der Waals surface area contributed by atoms with Crippen molar-refractivity contribution in [1.82, 2.24) is 14.9 Å². The lowest BCUT2D eigenvalue weighted by atomic mass is 10.3. The molecule has 0 spiro atoms. The number of imidazole rings is 1. The Kier molecular flexibility index (Phi) is 4.54. The first-order chi connectivity index (χ1) is 6.38. The number of aromatic nitrogens is 2. The van der Waals surface area contributed by atoms with Crippen molar-refractivity contribution in [2.24, 2.45) is 0 Å². The van der Waals surface area contributed by atoms with Gasteiger partial charge in [-0.25, -0.2) is 4.98 Å². The Bertz CT molecular complexity index is 230. The predicted octanol–water partition coefficient (Wildman–Crippen LogP) is 1.45. The number of hydrogen-bond donors (Lipinski definition) is 1. The quantitative estimate of drug-likeness (QED) is 0.673. The lowest BCUT2D eigenvalue weighted by Gasteiger charge is -2.05. The largest absolute Gasteiger partial charge is 0.335 e. The average Bonchev–Trinajstić information content (AvgIpc) is 2.60. The number of aryl methyl sites for hydroxylation is 2. The maximum atomic E-state index is 4.28. The average molecular weight is 181 g/mol. The summed E-state index contributed by atoms with van der Waals surface area (Å²) in [6.07, 6.45) is 7.44. The Labute approximate surface area is 80.2 Å². The van der Waals surface area contributed by atoms with Gasteiger partial charge in [0.1, 0.15) is 5.82 Å². The Morgan fingerprint density at radius 3 is 3.00 bits per heavy atom. The molecular weight excluding hydrogens is 162 g/mol. The number of hydrogen-bond acceptors (Lipinski definition) is 2.